The Kier molecular flexibility index (Phi) is 3.24. The van der Waals surface area contributed by atoms with Crippen molar-refractivity contribution in [3.8, 4) is 5.75 Å². The van der Waals surface area contributed by atoms with Crippen molar-refractivity contribution < 1.29 is 5.11 Å². The van der Waals surface area contributed by atoms with Crippen LogP contribution in [0.15, 0.2) is 52.7 Å². The summed E-state index contributed by atoms with van der Waals surface area (Å²) in [6.45, 7) is 4.07. The molecule has 0 aliphatic carbocycles. The van der Waals surface area contributed by atoms with Crippen LogP contribution in [-0.4, -0.2) is 5.11 Å². The molecule has 4 heteroatoms. The number of benzene rings is 2. The minimum atomic E-state index is 0.208. The monoisotopic (exact) mass is 282 g/mol. The van der Waals surface area contributed by atoms with Gasteiger partial charge in [-0.2, -0.15) is 0 Å². The molecule has 3 rings (SSSR count). The van der Waals surface area contributed by atoms with Crippen LogP contribution in [0.3, 0.4) is 0 Å². The van der Waals surface area contributed by atoms with E-state index >= 15 is 0 Å². The SMILES string of the molecule is Cc1cccc(N=Nc2sc3ccccc3c2O)c1C. The predicted octanol–water partition coefficient (Wildman–Crippen LogP) is 5.64. The molecule has 0 fully saturated rings. The minimum Gasteiger partial charge on any atom is -0.504 e. The Labute approximate surface area is 121 Å². The molecule has 0 atom stereocenters. The summed E-state index contributed by atoms with van der Waals surface area (Å²) in [5.41, 5.74) is 3.13. The number of hydrogen-bond acceptors (Lipinski definition) is 4. The van der Waals surface area contributed by atoms with Crippen molar-refractivity contribution in [2.75, 3.05) is 0 Å². The van der Waals surface area contributed by atoms with E-state index < -0.39 is 0 Å². The van der Waals surface area contributed by atoms with E-state index in [2.05, 4.69) is 10.2 Å². The van der Waals surface area contributed by atoms with Gasteiger partial charge in [-0.3, -0.25) is 0 Å². The van der Waals surface area contributed by atoms with E-state index in [4.69, 9.17) is 0 Å². The minimum absolute atomic E-state index is 0.208. The number of nitrogens with zero attached hydrogens (tertiary/aromatic N) is 2. The maximum absolute atomic E-state index is 10.1. The van der Waals surface area contributed by atoms with E-state index in [0.717, 1.165) is 21.3 Å². The molecule has 0 aliphatic rings. The molecular weight excluding hydrogens is 268 g/mol. The van der Waals surface area contributed by atoms with E-state index in [9.17, 15) is 5.11 Å². The fourth-order valence-electron chi connectivity index (χ4n) is 2.03. The zero-order valence-corrected chi connectivity index (χ0v) is 12.1. The van der Waals surface area contributed by atoms with Gasteiger partial charge in [-0.25, -0.2) is 0 Å². The number of aryl methyl sites for hydroxylation is 1. The number of fused-ring (bicyclic) bond motifs is 1. The summed E-state index contributed by atoms with van der Waals surface area (Å²) >= 11 is 1.44. The first-order valence-electron chi connectivity index (χ1n) is 6.35. The van der Waals surface area contributed by atoms with Gasteiger partial charge >= 0.3 is 0 Å². The third-order valence-corrected chi connectivity index (χ3v) is 4.42. The zero-order valence-electron chi connectivity index (χ0n) is 11.3. The molecule has 0 bridgehead atoms. The molecule has 0 saturated carbocycles. The summed E-state index contributed by atoms with van der Waals surface area (Å²) in [5, 5.41) is 20.0. The van der Waals surface area contributed by atoms with Gasteiger partial charge < -0.3 is 5.11 Å². The first-order chi connectivity index (χ1) is 9.66. The smallest absolute Gasteiger partial charge is 0.181 e. The summed E-state index contributed by atoms with van der Waals surface area (Å²) in [7, 11) is 0. The summed E-state index contributed by atoms with van der Waals surface area (Å²) in [6.07, 6.45) is 0. The summed E-state index contributed by atoms with van der Waals surface area (Å²) in [4.78, 5) is 0. The lowest BCUT2D eigenvalue weighted by atomic mass is 10.1. The average Bonchev–Trinajstić information content (AvgIpc) is 2.78. The van der Waals surface area contributed by atoms with E-state index in [-0.39, 0.29) is 5.75 Å². The molecule has 3 aromatic rings. The molecule has 0 amide bonds. The largest absolute Gasteiger partial charge is 0.504 e. The maximum Gasteiger partial charge on any atom is 0.181 e. The van der Waals surface area contributed by atoms with Gasteiger partial charge in [0, 0.05) is 10.1 Å². The van der Waals surface area contributed by atoms with Crippen LogP contribution in [0.4, 0.5) is 10.7 Å². The maximum atomic E-state index is 10.1. The fourth-order valence-corrected chi connectivity index (χ4v) is 2.95. The molecule has 0 spiro atoms. The lowest BCUT2D eigenvalue weighted by Gasteiger charge is -2.01. The number of hydrogen-bond donors (Lipinski definition) is 1. The standard InChI is InChI=1S/C16H14N2OS/c1-10-6-5-8-13(11(10)2)17-18-16-15(19)12-7-3-4-9-14(12)20-16/h3-9,19H,1-2H3. The van der Waals surface area contributed by atoms with Gasteiger partial charge in [0.2, 0.25) is 0 Å². The van der Waals surface area contributed by atoms with Gasteiger partial charge in [0.05, 0.1) is 5.69 Å². The molecule has 2 aromatic carbocycles. The Bertz CT molecular complexity index is 805. The number of thiophene rings is 1. The third kappa shape index (κ3) is 2.18. The van der Waals surface area contributed by atoms with E-state index in [0.29, 0.717) is 5.00 Å². The molecule has 0 aliphatic heterocycles. The Hall–Kier alpha value is -2.20. The topological polar surface area (TPSA) is 45.0 Å². The fraction of sp³-hybridized carbons (Fsp3) is 0.125. The molecular formula is C16H14N2OS. The summed E-state index contributed by atoms with van der Waals surface area (Å²) in [5.74, 6) is 0.208. The first kappa shape index (κ1) is 12.8. The van der Waals surface area contributed by atoms with E-state index in [1.165, 1.54) is 16.9 Å². The molecule has 20 heavy (non-hydrogen) atoms. The van der Waals surface area contributed by atoms with Gasteiger partial charge in [-0.1, -0.05) is 24.3 Å². The third-order valence-electron chi connectivity index (χ3n) is 3.38. The molecule has 0 saturated heterocycles. The quantitative estimate of drug-likeness (QED) is 0.607. The van der Waals surface area contributed by atoms with Crippen molar-refractivity contribution in [1.82, 2.24) is 0 Å². The highest BCUT2D eigenvalue weighted by Gasteiger charge is 2.10. The number of azo groups is 1. The molecule has 1 heterocycles. The van der Waals surface area contributed by atoms with Crippen LogP contribution in [0.25, 0.3) is 10.1 Å². The van der Waals surface area contributed by atoms with Crippen molar-refractivity contribution >= 4 is 32.1 Å². The van der Waals surface area contributed by atoms with Crippen LogP contribution >= 0.6 is 11.3 Å². The highest BCUT2D eigenvalue weighted by atomic mass is 32.1. The molecule has 1 aromatic heterocycles. The van der Waals surface area contributed by atoms with Crippen LogP contribution in [0.1, 0.15) is 11.1 Å². The second-order valence-corrected chi connectivity index (χ2v) is 5.70. The predicted molar refractivity (Wildman–Crippen MR) is 83.6 cm³/mol. The van der Waals surface area contributed by atoms with Crippen molar-refractivity contribution in [2.45, 2.75) is 13.8 Å². The van der Waals surface area contributed by atoms with E-state index in [1.54, 1.807) is 0 Å². The van der Waals surface area contributed by atoms with Gasteiger partial charge in [-0.15, -0.1) is 21.6 Å². The van der Waals surface area contributed by atoms with Gasteiger partial charge in [0.25, 0.3) is 0 Å². The van der Waals surface area contributed by atoms with Crippen LogP contribution in [0.2, 0.25) is 0 Å². The van der Waals surface area contributed by atoms with Gasteiger partial charge in [0.15, 0.2) is 10.8 Å². The number of rotatable bonds is 2. The zero-order chi connectivity index (χ0) is 14.1. The lowest BCUT2D eigenvalue weighted by Crippen LogP contribution is -1.79. The lowest BCUT2D eigenvalue weighted by molar-refractivity contribution is 0.484. The average molecular weight is 282 g/mol. The van der Waals surface area contributed by atoms with Crippen LogP contribution < -0.4 is 0 Å². The highest BCUT2D eigenvalue weighted by molar-refractivity contribution is 7.23. The highest BCUT2D eigenvalue weighted by Crippen LogP contribution is 2.43. The first-order valence-corrected chi connectivity index (χ1v) is 7.17. The molecule has 1 N–H and O–H groups in total. The summed E-state index contributed by atoms with van der Waals surface area (Å²) in [6, 6.07) is 13.6. The molecule has 0 unspecified atom stereocenters. The van der Waals surface area contributed by atoms with Crippen LogP contribution in [0.5, 0.6) is 5.75 Å². The van der Waals surface area contributed by atoms with Gasteiger partial charge in [0.1, 0.15) is 0 Å². The Balaban J connectivity index is 2.02. The molecule has 100 valence electrons. The van der Waals surface area contributed by atoms with Crippen LogP contribution in [0, 0.1) is 13.8 Å². The normalized spacial score (nSPS) is 11.5. The van der Waals surface area contributed by atoms with Gasteiger partial charge in [-0.05, 0) is 43.2 Å². The second kappa shape index (κ2) is 5.06. The second-order valence-electron chi connectivity index (χ2n) is 4.67. The Morgan fingerprint density at radius 2 is 1.75 bits per heavy atom. The van der Waals surface area contributed by atoms with Crippen molar-refractivity contribution in [1.29, 1.82) is 0 Å². The summed E-state index contributed by atoms with van der Waals surface area (Å²) < 4.78 is 1.01. The molecule has 0 radical (unpaired) electrons. The Morgan fingerprint density at radius 1 is 0.950 bits per heavy atom. The van der Waals surface area contributed by atoms with Crippen molar-refractivity contribution in [3.63, 3.8) is 0 Å². The van der Waals surface area contributed by atoms with Crippen molar-refractivity contribution in [3.05, 3.63) is 53.6 Å². The molecule has 3 nitrogen and oxygen atoms in total. The van der Waals surface area contributed by atoms with Crippen molar-refractivity contribution in [2.24, 2.45) is 10.2 Å². The Morgan fingerprint density at radius 3 is 2.55 bits per heavy atom. The number of aromatic hydroxyl groups is 1. The van der Waals surface area contributed by atoms with Crippen LogP contribution in [-0.2, 0) is 0 Å². The van der Waals surface area contributed by atoms with E-state index in [1.807, 2.05) is 56.3 Å².